The third-order valence-corrected chi connectivity index (χ3v) is 5.65. The van der Waals surface area contributed by atoms with Gasteiger partial charge in [-0.3, -0.25) is 9.10 Å². The lowest BCUT2D eigenvalue weighted by Crippen LogP contribution is -2.27. The Labute approximate surface area is 152 Å². The Hall–Kier alpha value is -2.05. The van der Waals surface area contributed by atoms with Crippen molar-refractivity contribution in [3.8, 4) is 0 Å². The lowest BCUT2D eigenvalue weighted by Gasteiger charge is -2.19. The van der Waals surface area contributed by atoms with Gasteiger partial charge in [-0.05, 0) is 47.9 Å². The number of halogens is 1. The van der Waals surface area contributed by atoms with Crippen molar-refractivity contribution in [3.63, 3.8) is 0 Å². The summed E-state index contributed by atoms with van der Waals surface area (Å²) in [4.78, 5) is 14.3. The fourth-order valence-electron chi connectivity index (χ4n) is 3.05. The molecule has 132 valence electrons. The smallest absolute Gasteiger partial charge is 0.253 e. The summed E-state index contributed by atoms with van der Waals surface area (Å²) in [7, 11) is -1.55. The minimum atomic E-state index is -3.28. The van der Waals surface area contributed by atoms with Crippen LogP contribution in [0.4, 0.5) is 5.69 Å². The van der Waals surface area contributed by atoms with E-state index in [2.05, 4.69) is 0 Å². The second kappa shape index (κ2) is 6.69. The first-order valence-electron chi connectivity index (χ1n) is 7.86. The molecule has 0 saturated carbocycles. The SMILES string of the molecule is CN(Cc1cccc(Cl)c1)C(=O)c1ccc2c(c1)CCN2S(C)(=O)=O. The first kappa shape index (κ1) is 17.8. The molecule has 0 aromatic heterocycles. The molecular weight excluding hydrogens is 360 g/mol. The molecule has 2 aromatic carbocycles. The molecule has 7 heteroatoms. The number of hydrogen-bond acceptors (Lipinski definition) is 3. The van der Waals surface area contributed by atoms with Crippen LogP contribution < -0.4 is 4.31 Å². The highest BCUT2D eigenvalue weighted by atomic mass is 35.5. The van der Waals surface area contributed by atoms with E-state index in [1.54, 1.807) is 36.2 Å². The molecule has 0 aliphatic carbocycles. The lowest BCUT2D eigenvalue weighted by molar-refractivity contribution is 0.0785. The summed E-state index contributed by atoms with van der Waals surface area (Å²) in [5, 5.41) is 0.636. The van der Waals surface area contributed by atoms with Crippen LogP contribution in [0.3, 0.4) is 0 Å². The summed E-state index contributed by atoms with van der Waals surface area (Å²) in [5.74, 6) is -0.111. The van der Waals surface area contributed by atoms with E-state index >= 15 is 0 Å². The minimum absolute atomic E-state index is 0.111. The van der Waals surface area contributed by atoms with Crippen molar-refractivity contribution in [2.75, 3.05) is 24.2 Å². The Morgan fingerprint density at radius 1 is 1.24 bits per heavy atom. The van der Waals surface area contributed by atoms with E-state index in [1.807, 2.05) is 18.2 Å². The molecule has 0 fully saturated rings. The third-order valence-electron chi connectivity index (χ3n) is 4.24. The molecule has 0 atom stereocenters. The largest absolute Gasteiger partial charge is 0.337 e. The summed E-state index contributed by atoms with van der Waals surface area (Å²) in [6.45, 7) is 0.871. The van der Waals surface area contributed by atoms with Gasteiger partial charge in [0.25, 0.3) is 5.91 Å². The number of hydrogen-bond donors (Lipinski definition) is 0. The van der Waals surface area contributed by atoms with Gasteiger partial charge in [0.15, 0.2) is 0 Å². The molecule has 2 aromatic rings. The Bertz CT molecular complexity index is 928. The zero-order valence-corrected chi connectivity index (χ0v) is 15.6. The molecule has 25 heavy (non-hydrogen) atoms. The van der Waals surface area contributed by atoms with E-state index in [-0.39, 0.29) is 5.91 Å². The van der Waals surface area contributed by atoms with Crippen LogP contribution in [-0.4, -0.2) is 39.1 Å². The average molecular weight is 379 g/mol. The van der Waals surface area contributed by atoms with Crippen molar-refractivity contribution in [1.29, 1.82) is 0 Å². The summed E-state index contributed by atoms with van der Waals surface area (Å²) in [6, 6.07) is 12.6. The van der Waals surface area contributed by atoms with E-state index < -0.39 is 10.0 Å². The van der Waals surface area contributed by atoms with Gasteiger partial charge in [0, 0.05) is 30.7 Å². The van der Waals surface area contributed by atoms with Gasteiger partial charge >= 0.3 is 0 Å². The zero-order valence-electron chi connectivity index (χ0n) is 14.1. The molecule has 0 bridgehead atoms. The maximum Gasteiger partial charge on any atom is 0.253 e. The van der Waals surface area contributed by atoms with Crippen LogP contribution in [0.2, 0.25) is 5.02 Å². The highest BCUT2D eigenvalue weighted by Crippen LogP contribution is 2.31. The Morgan fingerprint density at radius 2 is 2.00 bits per heavy atom. The van der Waals surface area contributed by atoms with Crippen LogP contribution in [0.15, 0.2) is 42.5 Å². The third kappa shape index (κ3) is 3.80. The molecule has 3 rings (SSSR count). The van der Waals surface area contributed by atoms with Crippen LogP contribution in [-0.2, 0) is 23.0 Å². The zero-order chi connectivity index (χ0) is 18.2. The minimum Gasteiger partial charge on any atom is -0.337 e. The summed E-state index contributed by atoms with van der Waals surface area (Å²) >= 11 is 5.98. The molecule has 0 saturated heterocycles. The van der Waals surface area contributed by atoms with Crippen molar-refractivity contribution in [3.05, 3.63) is 64.2 Å². The van der Waals surface area contributed by atoms with Gasteiger partial charge in [0.2, 0.25) is 10.0 Å². The molecule has 1 amide bonds. The predicted octanol–water partition coefficient (Wildman–Crippen LogP) is 2.93. The molecule has 0 unspecified atom stereocenters. The second-order valence-electron chi connectivity index (χ2n) is 6.22. The first-order chi connectivity index (χ1) is 11.8. The van der Waals surface area contributed by atoms with E-state index in [1.165, 1.54) is 10.6 Å². The molecule has 0 N–H and O–H groups in total. The lowest BCUT2D eigenvalue weighted by atomic mass is 10.1. The van der Waals surface area contributed by atoms with Crippen molar-refractivity contribution >= 4 is 33.2 Å². The van der Waals surface area contributed by atoms with Crippen molar-refractivity contribution < 1.29 is 13.2 Å². The molecule has 1 aliphatic heterocycles. The van der Waals surface area contributed by atoms with Crippen LogP contribution in [0, 0.1) is 0 Å². The van der Waals surface area contributed by atoms with Crippen LogP contribution >= 0.6 is 11.6 Å². The number of anilines is 1. The van der Waals surface area contributed by atoms with Crippen molar-refractivity contribution in [2.24, 2.45) is 0 Å². The molecular formula is C18H19ClN2O3S. The molecule has 5 nitrogen and oxygen atoms in total. The van der Waals surface area contributed by atoms with Gasteiger partial charge < -0.3 is 4.90 Å². The summed E-state index contributed by atoms with van der Waals surface area (Å²) in [6.07, 6.45) is 1.81. The number of carbonyl (C=O) groups excluding carboxylic acids is 1. The Kier molecular flexibility index (Phi) is 4.75. The highest BCUT2D eigenvalue weighted by molar-refractivity contribution is 7.92. The Morgan fingerprint density at radius 3 is 2.68 bits per heavy atom. The predicted molar refractivity (Wildman–Crippen MR) is 99.6 cm³/mol. The van der Waals surface area contributed by atoms with Gasteiger partial charge in [-0.2, -0.15) is 0 Å². The van der Waals surface area contributed by atoms with E-state index in [4.69, 9.17) is 11.6 Å². The van der Waals surface area contributed by atoms with Gasteiger partial charge in [-0.25, -0.2) is 8.42 Å². The molecule has 1 aliphatic rings. The number of sulfonamides is 1. The van der Waals surface area contributed by atoms with Gasteiger partial charge in [0.1, 0.15) is 0 Å². The number of fused-ring (bicyclic) bond motifs is 1. The maximum absolute atomic E-state index is 12.7. The normalized spacial score (nSPS) is 13.6. The summed E-state index contributed by atoms with van der Waals surface area (Å²) < 4.78 is 25.0. The van der Waals surface area contributed by atoms with Gasteiger partial charge in [-0.1, -0.05) is 23.7 Å². The molecule has 0 radical (unpaired) electrons. The fraction of sp³-hybridized carbons (Fsp3) is 0.278. The Balaban J connectivity index is 1.79. The fourth-order valence-corrected chi connectivity index (χ4v) is 4.22. The molecule has 1 heterocycles. The second-order valence-corrected chi connectivity index (χ2v) is 8.56. The van der Waals surface area contributed by atoms with E-state index in [0.717, 1.165) is 11.1 Å². The highest BCUT2D eigenvalue weighted by Gasteiger charge is 2.27. The molecule has 0 spiro atoms. The van der Waals surface area contributed by atoms with Crippen molar-refractivity contribution in [1.82, 2.24) is 4.90 Å². The number of benzene rings is 2. The van der Waals surface area contributed by atoms with Crippen LogP contribution in [0.5, 0.6) is 0 Å². The number of nitrogens with zero attached hydrogens (tertiary/aromatic N) is 2. The topological polar surface area (TPSA) is 57.7 Å². The van der Waals surface area contributed by atoms with Crippen LogP contribution in [0.1, 0.15) is 21.5 Å². The van der Waals surface area contributed by atoms with Gasteiger partial charge in [-0.15, -0.1) is 0 Å². The number of amides is 1. The summed E-state index contributed by atoms with van der Waals surface area (Å²) in [5.41, 5.74) is 3.05. The first-order valence-corrected chi connectivity index (χ1v) is 10.1. The monoisotopic (exact) mass is 378 g/mol. The quantitative estimate of drug-likeness (QED) is 0.821. The van der Waals surface area contributed by atoms with Gasteiger partial charge in [0.05, 0.1) is 11.9 Å². The maximum atomic E-state index is 12.7. The van der Waals surface area contributed by atoms with Crippen molar-refractivity contribution in [2.45, 2.75) is 13.0 Å². The average Bonchev–Trinajstić information content (AvgIpc) is 2.97. The van der Waals surface area contributed by atoms with E-state index in [0.29, 0.717) is 35.8 Å². The standard InChI is InChI=1S/C18H19ClN2O3S/c1-20(12-13-4-3-5-16(19)10-13)18(22)15-6-7-17-14(11-15)8-9-21(17)25(2,23)24/h3-7,10-11H,8-9,12H2,1-2H3. The number of rotatable bonds is 4. The van der Waals surface area contributed by atoms with Crippen LogP contribution in [0.25, 0.3) is 0 Å². The van der Waals surface area contributed by atoms with E-state index in [9.17, 15) is 13.2 Å². The number of carbonyl (C=O) groups is 1.